The molecule has 0 saturated carbocycles. The highest BCUT2D eigenvalue weighted by atomic mass is 32.1. The number of hydrogen-bond acceptors (Lipinski definition) is 9. The van der Waals surface area contributed by atoms with E-state index in [2.05, 4.69) is 4.98 Å². The molecule has 2 aromatic rings. The van der Waals surface area contributed by atoms with E-state index in [-0.39, 0.29) is 32.0 Å². The average molecular weight is 519 g/mol. The fourth-order valence-electron chi connectivity index (χ4n) is 2.98. The first-order valence-corrected chi connectivity index (χ1v) is 12.4. The molecule has 0 N–H and O–H groups in total. The number of ether oxygens (including phenoxy) is 3. The predicted molar refractivity (Wildman–Crippen MR) is 136 cm³/mol. The van der Waals surface area contributed by atoms with Crippen LogP contribution >= 0.6 is 11.3 Å². The number of carbonyl (C=O) groups excluding carboxylic acids is 3. The summed E-state index contributed by atoms with van der Waals surface area (Å²) in [6.07, 6.45) is -0.638. The van der Waals surface area contributed by atoms with Crippen LogP contribution in [0, 0.1) is 11.3 Å². The van der Waals surface area contributed by atoms with Gasteiger partial charge in [-0.15, -0.1) is 11.3 Å². The minimum atomic E-state index is -0.641. The molecule has 196 valence electrons. The summed E-state index contributed by atoms with van der Waals surface area (Å²) in [5.74, 6) is -0.0519. The van der Waals surface area contributed by atoms with Crippen LogP contribution in [0.2, 0.25) is 0 Å². The highest BCUT2D eigenvalue weighted by Gasteiger charge is 2.23. The summed E-state index contributed by atoms with van der Waals surface area (Å²) in [5.41, 5.74) is -0.588. The van der Waals surface area contributed by atoms with Gasteiger partial charge >= 0.3 is 18.2 Å². The number of aromatic nitrogens is 1. The molecule has 0 saturated heterocycles. The molecule has 1 aromatic heterocycles. The number of nitrogens with zero attached hydrogens (tertiary/aromatic N) is 4. The van der Waals surface area contributed by atoms with Gasteiger partial charge in [0.05, 0.1) is 10.2 Å². The van der Waals surface area contributed by atoms with E-state index in [1.54, 1.807) is 66.8 Å². The summed E-state index contributed by atoms with van der Waals surface area (Å²) in [5, 5.41) is 9.37. The van der Waals surface area contributed by atoms with Crippen molar-refractivity contribution in [1.82, 2.24) is 14.8 Å². The lowest BCUT2D eigenvalue weighted by Crippen LogP contribution is -2.42. The van der Waals surface area contributed by atoms with E-state index in [1.807, 2.05) is 6.07 Å². The molecular formula is C25H34N4O6S. The second kappa shape index (κ2) is 12.0. The summed E-state index contributed by atoms with van der Waals surface area (Å²) in [4.78, 5) is 44.4. The summed E-state index contributed by atoms with van der Waals surface area (Å²) in [6.45, 7) is 11.3. The first kappa shape index (κ1) is 28.8. The van der Waals surface area contributed by atoms with E-state index in [4.69, 9.17) is 19.5 Å². The lowest BCUT2D eigenvalue weighted by Gasteiger charge is -2.27. The van der Waals surface area contributed by atoms with Crippen LogP contribution < -0.4 is 4.74 Å². The number of nitriles is 1. The topological polar surface area (TPSA) is 122 Å². The number of rotatable bonds is 8. The lowest BCUT2D eigenvalue weighted by molar-refractivity contribution is -0.155. The molecule has 2 rings (SSSR count). The van der Waals surface area contributed by atoms with E-state index in [1.165, 1.54) is 21.1 Å². The van der Waals surface area contributed by atoms with Crippen LogP contribution in [0.25, 0.3) is 10.2 Å². The minimum absolute atomic E-state index is 0.132. The molecule has 0 aliphatic rings. The Bertz CT molecular complexity index is 1130. The minimum Gasteiger partial charge on any atom is -0.460 e. The van der Waals surface area contributed by atoms with Gasteiger partial charge in [0.2, 0.25) is 0 Å². The number of fused-ring (bicyclic) bond motifs is 1. The SMILES string of the molecule is CN(CCN(CCCC(=O)OC(C)(C)C)C(=O)Oc1ccc2nc(C#N)sc2c1)C(=O)OC(C)(C)C. The monoisotopic (exact) mass is 518 g/mol. The van der Waals surface area contributed by atoms with E-state index < -0.39 is 23.4 Å². The van der Waals surface area contributed by atoms with Crippen LogP contribution in [0.5, 0.6) is 5.75 Å². The van der Waals surface area contributed by atoms with Gasteiger partial charge in [-0.2, -0.15) is 5.26 Å². The zero-order chi connectivity index (χ0) is 27.1. The lowest BCUT2D eigenvalue weighted by atomic mass is 10.2. The predicted octanol–water partition coefficient (Wildman–Crippen LogP) is 4.96. The molecule has 1 heterocycles. The van der Waals surface area contributed by atoms with Crippen molar-refractivity contribution in [3.05, 3.63) is 23.2 Å². The third-order valence-electron chi connectivity index (χ3n) is 4.56. The van der Waals surface area contributed by atoms with Crippen LogP contribution in [0.1, 0.15) is 59.4 Å². The molecule has 1 aromatic carbocycles. The van der Waals surface area contributed by atoms with Gasteiger partial charge in [0.1, 0.15) is 23.0 Å². The molecule has 0 aliphatic heterocycles. The smallest absolute Gasteiger partial charge is 0.415 e. The maximum atomic E-state index is 13.0. The Kier molecular flexibility index (Phi) is 9.64. The van der Waals surface area contributed by atoms with Crippen LogP contribution in [0.3, 0.4) is 0 Å². The summed E-state index contributed by atoms with van der Waals surface area (Å²) >= 11 is 1.20. The molecule has 10 nitrogen and oxygen atoms in total. The maximum absolute atomic E-state index is 13.0. The number of likely N-dealkylation sites (N-methyl/N-ethyl adjacent to an activating group) is 1. The summed E-state index contributed by atoms with van der Waals surface area (Å²) < 4.78 is 17.0. The Balaban J connectivity index is 2.07. The van der Waals surface area contributed by atoms with Crippen LogP contribution in [-0.2, 0) is 14.3 Å². The zero-order valence-corrected chi connectivity index (χ0v) is 22.7. The second-order valence-electron chi connectivity index (χ2n) is 10.2. The van der Waals surface area contributed by atoms with E-state index in [0.717, 1.165) is 4.70 Å². The molecule has 0 unspecified atom stereocenters. The first-order chi connectivity index (χ1) is 16.7. The van der Waals surface area contributed by atoms with Crippen molar-refractivity contribution < 1.29 is 28.6 Å². The molecule has 36 heavy (non-hydrogen) atoms. The summed E-state index contributed by atoms with van der Waals surface area (Å²) in [7, 11) is 1.59. The average Bonchev–Trinajstić information content (AvgIpc) is 3.15. The normalized spacial score (nSPS) is 11.5. The molecule has 0 fully saturated rings. The van der Waals surface area contributed by atoms with Gasteiger partial charge in [-0.05, 0) is 60.1 Å². The largest absolute Gasteiger partial charge is 0.460 e. The highest BCUT2D eigenvalue weighted by molar-refractivity contribution is 7.19. The Morgan fingerprint density at radius 2 is 1.67 bits per heavy atom. The van der Waals surface area contributed by atoms with Crippen molar-refractivity contribution in [1.29, 1.82) is 5.26 Å². The van der Waals surface area contributed by atoms with Gasteiger partial charge in [-0.3, -0.25) is 4.79 Å². The van der Waals surface area contributed by atoms with Gasteiger partial charge in [0.15, 0.2) is 5.01 Å². The van der Waals surface area contributed by atoms with Crippen LogP contribution in [0.15, 0.2) is 18.2 Å². The number of carbonyl (C=O) groups is 3. The van der Waals surface area contributed by atoms with Crippen molar-refractivity contribution in [3.63, 3.8) is 0 Å². The quantitative estimate of drug-likeness (QED) is 0.450. The molecule has 0 radical (unpaired) electrons. The Morgan fingerprint density at radius 3 is 2.28 bits per heavy atom. The van der Waals surface area contributed by atoms with Crippen LogP contribution in [-0.4, -0.2) is 70.8 Å². The van der Waals surface area contributed by atoms with Crippen molar-refractivity contribution in [2.45, 2.75) is 65.6 Å². The molecule has 0 bridgehead atoms. The van der Waals surface area contributed by atoms with Gasteiger partial charge in [-0.1, -0.05) is 0 Å². The standard InChI is InChI=1S/C25H34N4O6S/c1-24(2,3)34-21(30)9-8-12-29(14-13-28(7)22(31)35-25(4,5)6)23(32)33-17-10-11-18-19(15-17)36-20(16-26)27-18/h10-11,15H,8-9,12-14H2,1-7H3. The highest BCUT2D eigenvalue weighted by Crippen LogP contribution is 2.26. The number of amides is 2. The fraction of sp³-hybridized carbons (Fsp3) is 0.560. The molecule has 11 heteroatoms. The number of benzene rings is 1. The zero-order valence-electron chi connectivity index (χ0n) is 21.9. The van der Waals surface area contributed by atoms with Crippen molar-refractivity contribution in [2.24, 2.45) is 0 Å². The van der Waals surface area contributed by atoms with Gasteiger partial charge in [0, 0.05) is 39.2 Å². The van der Waals surface area contributed by atoms with Gasteiger partial charge in [-0.25, -0.2) is 14.6 Å². The Hall–Kier alpha value is -3.39. The van der Waals surface area contributed by atoms with Crippen molar-refractivity contribution >= 4 is 39.7 Å². The van der Waals surface area contributed by atoms with Gasteiger partial charge in [0.25, 0.3) is 0 Å². The maximum Gasteiger partial charge on any atom is 0.415 e. The number of thiazole rings is 1. The van der Waals surface area contributed by atoms with Gasteiger partial charge < -0.3 is 24.0 Å². The van der Waals surface area contributed by atoms with Crippen LogP contribution in [0.4, 0.5) is 9.59 Å². The third-order valence-corrected chi connectivity index (χ3v) is 5.48. The van der Waals surface area contributed by atoms with E-state index in [9.17, 15) is 14.4 Å². The molecule has 2 amide bonds. The second-order valence-corrected chi connectivity index (χ2v) is 11.2. The first-order valence-electron chi connectivity index (χ1n) is 11.6. The molecule has 0 atom stereocenters. The summed E-state index contributed by atoms with van der Waals surface area (Å²) in [6, 6.07) is 6.94. The van der Waals surface area contributed by atoms with E-state index in [0.29, 0.717) is 22.7 Å². The third kappa shape index (κ3) is 9.70. The van der Waals surface area contributed by atoms with Crippen molar-refractivity contribution in [3.8, 4) is 11.8 Å². The molecular weight excluding hydrogens is 484 g/mol. The van der Waals surface area contributed by atoms with Crippen molar-refractivity contribution in [2.75, 3.05) is 26.7 Å². The Labute approximate surface area is 215 Å². The fourth-order valence-corrected chi connectivity index (χ4v) is 3.78. The number of hydrogen-bond donors (Lipinski definition) is 0. The number of esters is 1. The molecule has 0 spiro atoms. The van der Waals surface area contributed by atoms with E-state index >= 15 is 0 Å². The molecule has 0 aliphatic carbocycles. The Morgan fingerprint density at radius 1 is 1.00 bits per heavy atom.